The minimum atomic E-state index is -3.56. The molecule has 0 saturated carbocycles. The number of benzene rings is 1. The van der Waals surface area contributed by atoms with Gasteiger partial charge in [0.15, 0.2) is 12.7 Å². The van der Waals surface area contributed by atoms with E-state index in [0.717, 1.165) is 7.11 Å². The normalized spacial score (nSPS) is 11.2. The minimum Gasteiger partial charge on any atom is -0.506 e. The van der Waals surface area contributed by atoms with Gasteiger partial charge in [0.2, 0.25) is 0 Å². The third kappa shape index (κ3) is 4.73. The van der Waals surface area contributed by atoms with Gasteiger partial charge >= 0.3 is 0 Å². The van der Waals surface area contributed by atoms with E-state index >= 15 is 0 Å². The zero-order valence-corrected chi connectivity index (χ0v) is 13.2. The lowest BCUT2D eigenvalue weighted by atomic mass is 10.2. The Hall–Kier alpha value is -2.52. The van der Waals surface area contributed by atoms with Crippen molar-refractivity contribution in [2.24, 2.45) is 0 Å². The lowest BCUT2D eigenvalue weighted by Crippen LogP contribution is -2.41. The van der Waals surface area contributed by atoms with Crippen LogP contribution in [0.2, 0.25) is 0 Å². The van der Waals surface area contributed by atoms with Crippen molar-refractivity contribution < 1.29 is 27.2 Å². The molecule has 122 valence electrons. The molecule has 0 atom stereocenters. The standard InChI is InChI=1S/C14H15N3O5S/c1-22-23(20,21)9-8-17-7-6-11(10-15-17)14(19)16-12-4-2-3-5-13(12)18/h2-7,10H,8-9H2,1H3,(H,15,19)/p+1. The first-order chi connectivity index (χ1) is 10.9. The van der Waals surface area contributed by atoms with Crippen LogP contribution in [0.4, 0.5) is 5.69 Å². The Labute approximate surface area is 133 Å². The highest BCUT2D eigenvalue weighted by molar-refractivity contribution is 7.86. The van der Waals surface area contributed by atoms with E-state index < -0.39 is 16.0 Å². The molecule has 8 nitrogen and oxygen atoms in total. The molecule has 1 amide bonds. The number of carbonyl (C=O) groups is 1. The molecule has 9 heteroatoms. The van der Waals surface area contributed by atoms with Crippen molar-refractivity contribution in [2.75, 3.05) is 18.2 Å². The molecule has 0 aliphatic carbocycles. The summed E-state index contributed by atoms with van der Waals surface area (Å²) in [5.41, 5.74) is 0.569. The fraction of sp³-hybridized carbons (Fsp3) is 0.214. The van der Waals surface area contributed by atoms with Crippen LogP contribution < -0.4 is 10.00 Å². The monoisotopic (exact) mass is 338 g/mol. The van der Waals surface area contributed by atoms with E-state index in [4.69, 9.17) is 0 Å². The molecule has 0 unspecified atom stereocenters. The zero-order chi connectivity index (χ0) is 16.9. The number of anilines is 1. The van der Waals surface area contributed by atoms with Crippen molar-refractivity contribution in [1.29, 1.82) is 0 Å². The van der Waals surface area contributed by atoms with E-state index in [1.165, 1.54) is 29.2 Å². The van der Waals surface area contributed by atoms with Crippen LogP contribution in [0.5, 0.6) is 5.75 Å². The first-order valence-electron chi connectivity index (χ1n) is 6.65. The Bertz CT molecular complexity index is 790. The Morgan fingerprint density at radius 1 is 1.35 bits per heavy atom. The summed E-state index contributed by atoms with van der Waals surface area (Å²) in [6, 6.07) is 7.86. The number of hydrogen-bond acceptors (Lipinski definition) is 6. The summed E-state index contributed by atoms with van der Waals surface area (Å²) in [5.74, 6) is -0.690. The molecule has 2 aromatic rings. The predicted octanol–water partition coefficient (Wildman–Crippen LogP) is 0.303. The molecule has 0 aliphatic heterocycles. The largest absolute Gasteiger partial charge is 0.506 e. The van der Waals surface area contributed by atoms with E-state index in [1.807, 2.05) is 0 Å². The van der Waals surface area contributed by atoms with Crippen molar-refractivity contribution in [1.82, 2.24) is 5.10 Å². The molecule has 1 aromatic heterocycles. The molecule has 0 aliphatic rings. The van der Waals surface area contributed by atoms with Crippen LogP contribution in [0, 0.1) is 0 Å². The second-order valence-electron chi connectivity index (χ2n) is 4.58. The van der Waals surface area contributed by atoms with Crippen molar-refractivity contribution >= 4 is 21.7 Å². The fourth-order valence-corrected chi connectivity index (χ4v) is 2.29. The molecule has 0 bridgehead atoms. The molecular formula is C14H16N3O5S+. The highest BCUT2D eigenvalue weighted by Crippen LogP contribution is 2.21. The van der Waals surface area contributed by atoms with Gasteiger partial charge in [-0.05, 0) is 17.2 Å². The third-order valence-electron chi connectivity index (χ3n) is 3.01. The highest BCUT2D eigenvalue weighted by atomic mass is 32.2. The van der Waals surface area contributed by atoms with E-state index in [0.29, 0.717) is 5.69 Å². The quantitative estimate of drug-likeness (QED) is 0.445. The van der Waals surface area contributed by atoms with Gasteiger partial charge in [-0.25, -0.2) is 0 Å². The first kappa shape index (κ1) is 16.8. The van der Waals surface area contributed by atoms with Gasteiger partial charge in [-0.2, -0.15) is 8.42 Å². The maximum Gasteiger partial charge on any atom is 0.273 e. The second-order valence-corrected chi connectivity index (χ2v) is 6.44. The Kier molecular flexibility index (Phi) is 5.24. The first-order valence-corrected chi connectivity index (χ1v) is 8.22. The van der Waals surface area contributed by atoms with E-state index in [-0.39, 0.29) is 23.6 Å². The number of rotatable bonds is 6. The highest BCUT2D eigenvalue weighted by Gasteiger charge is 2.15. The molecule has 23 heavy (non-hydrogen) atoms. The van der Waals surface area contributed by atoms with Gasteiger partial charge in [-0.1, -0.05) is 16.8 Å². The average Bonchev–Trinajstić information content (AvgIpc) is 2.55. The summed E-state index contributed by atoms with van der Waals surface area (Å²) in [5, 5.41) is 16.1. The Morgan fingerprint density at radius 2 is 2.09 bits per heavy atom. The van der Waals surface area contributed by atoms with Crippen molar-refractivity contribution in [3.63, 3.8) is 0 Å². The van der Waals surface area contributed by atoms with Crippen molar-refractivity contribution in [2.45, 2.75) is 6.54 Å². The third-order valence-corrected chi connectivity index (χ3v) is 4.20. The molecule has 1 aromatic carbocycles. The fourth-order valence-electron chi connectivity index (χ4n) is 1.71. The lowest BCUT2D eigenvalue weighted by Gasteiger charge is -2.06. The van der Waals surface area contributed by atoms with Crippen LogP contribution in [0.25, 0.3) is 0 Å². The van der Waals surface area contributed by atoms with Crippen LogP contribution >= 0.6 is 0 Å². The number of hydrogen-bond donors (Lipinski definition) is 2. The lowest BCUT2D eigenvalue weighted by molar-refractivity contribution is -0.750. The Morgan fingerprint density at radius 3 is 2.70 bits per heavy atom. The van der Waals surface area contributed by atoms with Gasteiger partial charge in [0, 0.05) is 6.07 Å². The van der Waals surface area contributed by atoms with E-state index in [1.54, 1.807) is 18.2 Å². The molecule has 0 spiro atoms. The summed E-state index contributed by atoms with van der Waals surface area (Å²) in [6.45, 7) is 0.109. The van der Waals surface area contributed by atoms with Crippen LogP contribution in [-0.2, 0) is 20.8 Å². The zero-order valence-electron chi connectivity index (χ0n) is 12.3. The van der Waals surface area contributed by atoms with E-state index in [2.05, 4.69) is 14.6 Å². The van der Waals surface area contributed by atoms with Crippen molar-refractivity contribution in [3.05, 3.63) is 48.3 Å². The van der Waals surface area contributed by atoms with Crippen LogP contribution in [0.15, 0.2) is 42.7 Å². The maximum atomic E-state index is 12.1. The minimum absolute atomic E-state index is 0.0374. The average molecular weight is 338 g/mol. The summed E-state index contributed by atoms with van der Waals surface area (Å²) in [7, 11) is -2.46. The molecule has 1 heterocycles. The van der Waals surface area contributed by atoms with Crippen LogP contribution in [-0.4, -0.2) is 37.4 Å². The van der Waals surface area contributed by atoms with Crippen LogP contribution in [0.1, 0.15) is 10.4 Å². The van der Waals surface area contributed by atoms with E-state index in [9.17, 15) is 18.3 Å². The number of phenolic OH excluding ortho intramolecular Hbond substituents is 1. The number of aryl methyl sites for hydroxylation is 1. The van der Waals surface area contributed by atoms with Crippen molar-refractivity contribution in [3.8, 4) is 5.75 Å². The molecule has 0 saturated heterocycles. The number of para-hydroxylation sites is 2. The molecular weight excluding hydrogens is 322 g/mol. The molecule has 2 rings (SSSR count). The topological polar surface area (TPSA) is 109 Å². The van der Waals surface area contributed by atoms with Gasteiger partial charge in [0.25, 0.3) is 16.0 Å². The molecule has 2 N–H and O–H groups in total. The second kappa shape index (κ2) is 7.16. The summed E-state index contributed by atoms with van der Waals surface area (Å²) >= 11 is 0. The number of amides is 1. The SMILES string of the molecule is COS(=O)(=O)CC[n+]1ccc(C(=O)Nc2ccccc2O)cn1. The maximum absolute atomic E-state index is 12.1. The molecule has 0 fully saturated rings. The van der Waals surface area contributed by atoms with Crippen LogP contribution in [0.3, 0.4) is 0 Å². The number of nitrogens with zero attached hydrogens (tertiary/aromatic N) is 2. The smallest absolute Gasteiger partial charge is 0.273 e. The number of phenols is 1. The number of aromatic nitrogens is 2. The summed E-state index contributed by atoms with van der Waals surface area (Å²) in [6.07, 6.45) is 2.81. The van der Waals surface area contributed by atoms with Gasteiger partial charge in [0.1, 0.15) is 17.7 Å². The van der Waals surface area contributed by atoms with Gasteiger partial charge in [0.05, 0.1) is 18.4 Å². The molecule has 0 radical (unpaired) electrons. The Balaban J connectivity index is 2.02. The van der Waals surface area contributed by atoms with Gasteiger partial charge in [-0.3, -0.25) is 8.98 Å². The predicted molar refractivity (Wildman–Crippen MR) is 81.3 cm³/mol. The summed E-state index contributed by atoms with van der Waals surface area (Å²) < 4.78 is 28.2. The van der Waals surface area contributed by atoms with Gasteiger partial charge < -0.3 is 10.4 Å². The number of nitrogens with one attached hydrogen (secondary N) is 1. The number of carbonyl (C=O) groups excluding carboxylic acids is 1. The summed E-state index contributed by atoms with van der Waals surface area (Å²) in [4.78, 5) is 12.1. The van der Waals surface area contributed by atoms with Gasteiger partial charge in [-0.15, -0.1) is 0 Å². The number of aromatic hydroxyl groups is 1.